The SMILES string of the molecule is O=C1NC(=S)SC1Cc1cccc2c1CCC(=O)N2Cc1ccc2ccccc2c1. The summed E-state index contributed by atoms with van der Waals surface area (Å²) in [4.78, 5) is 26.8. The Bertz CT molecular complexity index is 1190. The van der Waals surface area contributed by atoms with E-state index in [1.54, 1.807) is 0 Å². The molecule has 1 unspecified atom stereocenters. The Morgan fingerprint density at radius 3 is 2.63 bits per heavy atom. The van der Waals surface area contributed by atoms with Crippen LogP contribution >= 0.6 is 24.0 Å². The molecule has 2 aliphatic heterocycles. The summed E-state index contributed by atoms with van der Waals surface area (Å²) in [6.45, 7) is 0.545. The summed E-state index contributed by atoms with van der Waals surface area (Å²) in [7, 11) is 0. The van der Waals surface area contributed by atoms with Crippen molar-refractivity contribution < 1.29 is 9.59 Å². The molecule has 1 fully saturated rings. The van der Waals surface area contributed by atoms with E-state index in [0.717, 1.165) is 16.8 Å². The molecule has 0 aliphatic carbocycles. The first-order valence-electron chi connectivity index (χ1n) is 9.99. The zero-order valence-electron chi connectivity index (χ0n) is 16.3. The van der Waals surface area contributed by atoms with Gasteiger partial charge in [0.05, 0.1) is 11.8 Å². The maximum absolute atomic E-state index is 12.8. The molecule has 3 aromatic rings. The van der Waals surface area contributed by atoms with Crippen molar-refractivity contribution in [1.82, 2.24) is 5.32 Å². The Balaban J connectivity index is 1.45. The number of carbonyl (C=O) groups is 2. The van der Waals surface area contributed by atoms with E-state index in [4.69, 9.17) is 12.2 Å². The Labute approximate surface area is 184 Å². The number of hydrogen-bond donors (Lipinski definition) is 1. The topological polar surface area (TPSA) is 49.4 Å². The monoisotopic (exact) mass is 432 g/mol. The highest BCUT2D eigenvalue weighted by Gasteiger charge is 2.32. The zero-order chi connectivity index (χ0) is 20.7. The molecule has 0 radical (unpaired) electrons. The van der Waals surface area contributed by atoms with Crippen LogP contribution in [0.3, 0.4) is 0 Å². The first-order chi connectivity index (χ1) is 14.6. The molecule has 2 amide bonds. The number of thioether (sulfide) groups is 1. The molecular weight excluding hydrogens is 412 g/mol. The molecule has 1 saturated heterocycles. The van der Waals surface area contributed by atoms with Gasteiger partial charge < -0.3 is 10.2 Å². The van der Waals surface area contributed by atoms with Crippen LogP contribution < -0.4 is 10.2 Å². The van der Waals surface area contributed by atoms with Crippen molar-refractivity contribution in [3.8, 4) is 0 Å². The van der Waals surface area contributed by atoms with Crippen LogP contribution in [-0.4, -0.2) is 21.4 Å². The van der Waals surface area contributed by atoms with Gasteiger partial charge in [-0.1, -0.05) is 72.5 Å². The molecule has 1 atom stereocenters. The van der Waals surface area contributed by atoms with Crippen molar-refractivity contribution in [2.45, 2.75) is 31.1 Å². The van der Waals surface area contributed by atoms with Crippen molar-refractivity contribution in [3.63, 3.8) is 0 Å². The molecule has 0 saturated carbocycles. The van der Waals surface area contributed by atoms with Crippen LogP contribution in [0.25, 0.3) is 10.8 Å². The van der Waals surface area contributed by atoms with Crippen molar-refractivity contribution in [2.24, 2.45) is 0 Å². The lowest BCUT2D eigenvalue weighted by molar-refractivity contribution is -0.119. The number of anilines is 1. The lowest BCUT2D eigenvalue weighted by Crippen LogP contribution is -2.35. The highest BCUT2D eigenvalue weighted by molar-refractivity contribution is 8.24. The fourth-order valence-electron chi connectivity index (χ4n) is 4.28. The van der Waals surface area contributed by atoms with Gasteiger partial charge in [-0.3, -0.25) is 9.59 Å². The summed E-state index contributed by atoms with van der Waals surface area (Å²) in [6.07, 6.45) is 1.82. The number of hydrogen-bond acceptors (Lipinski definition) is 4. The molecule has 6 heteroatoms. The lowest BCUT2D eigenvalue weighted by atomic mass is 9.92. The summed E-state index contributed by atoms with van der Waals surface area (Å²) in [5.74, 6) is 0.115. The minimum absolute atomic E-state index is 0.0255. The molecule has 2 aliphatic rings. The number of fused-ring (bicyclic) bond motifs is 2. The summed E-state index contributed by atoms with van der Waals surface area (Å²) < 4.78 is 0.544. The number of amides is 2. The molecule has 3 aromatic carbocycles. The smallest absolute Gasteiger partial charge is 0.239 e. The molecular formula is C24H20N2O2S2. The first kappa shape index (κ1) is 19.3. The molecule has 4 nitrogen and oxygen atoms in total. The van der Waals surface area contributed by atoms with Crippen molar-refractivity contribution in [2.75, 3.05) is 4.90 Å². The van der Waals surface area contributed by atoms with E-state index in [1.807, 2.05) is 29.2 Å². The molecule has 5 rings (SSSR count). The Morgan fingerprint density at radius 1 is 1.00 bits per heavy atom. The lowest BCUT2D eigenvalue weighted by Gasteiger charge is -2.31. The maximum Gasteiger partial charge on any atom is 0.239 e. The average molecular weight is 433 g/mol. The highest BCUT2D eigenvalue weighted by atomic mass is 32.2. The second-order valence-corrected chi connectivity index (χ2v) is 9.54. The second kappa shape index (κ2) is 7.85. The third kappa shape index (κ3) is 3.61. The van der Waals surface area contributed by atoms with Crippen LogP contribution in [0.4, 0.5) is 5.69 Å². The van der Waals surface area contributed by atoms with Gasteiger partial charge in [-0.15, -0.1) is 0 Å². The van der Waals surface area contributed by atoms with Crippen LogP contribution in [-0.2, 0) is 29.0 Å². The number of nitrogens with zero attached hydrogens (tertiary/aromatic N) is 1. The number of benzene rings is 3. The second-order valence-electron chi connectivity index (χ2n) is 7.66. The molecule has 0 aromatic heterocycles. The van der Waals surface area contributed by atoms with E-state index in [2.05, 4.69) is 41.7 Å². The third-order valence-electron chi connectivity index (χ3n) is 5.76. The third-order valence-corrected chi connectivity index (χ3v) is 7.13. The van der Waals surface area contributed by atoms with Gasteiger partial charge in [0.1, 0.15) is 4.32 Å². The standard InChI is InChI=1S/C24H20N2O2S2/c27-22-11-10-19-18(13-21-23(28)25-24(29)30-21)6-3-7-20(19)26(22)14-15-8-9-16-4-1-2-5-17(16)12-15/h1-9,12,21H,10-11,13-14H2,(H,25,28,29). The molecule has 150 valence electrons. The highest BCUT2D eigenvalue weighted by Crippen LogP contribution is 2.34. The van der Waals surface area contributed by atoms with Gasteiger partial charge in [-0.25, -0.2) is 0 Å². The Kier molecular flexibility index (Phi) is 5.05. The first-order valence-corrected chi connectivity index (χ1v) is 11.3. The summed E-state index contributed by atoms with van der Waals surface area (Å²) in [6, 6.07) is 20.7. The van der Waals surface area contributed by atoms with E-state index >= 15 is 0 Å². The Hall–Kier alpha value is -2.70. The number of thiocarbonyl (C=S) groups is 1. The fourth-order valence-corrected chi connectivity index (χ4v) is 5.57. The van der Waals surface area contributed by atoms with Gasteiger partial charge in [0.15, 0.2) is 0 Å². The number of rotatable bonds is 4. The normalized spacial score (nSPS) is 18.6. The largest absolute Gasteiger partial charge is 0.311 e. The summed E-state index contributed by atoms with van der Waals surface area (Å²) in [5, 5.41) is 4.89. The minimum Gasteiger partial charge on any atom is -0.311 e. The minimum atomic E-state index is -0.199. The van der Waals surface area contributed by atoms with Crippen LogP contribution in [0.1, 0.15) is 23.1 Å². The van der Waals surface area contributed by atoms with E-state index in [0.29, 0.717) is 30.1 Å². The quantitative estimate of drug-likeness (QED) is 0.622. The van der Waals surface area contributed by atoms with Crippen molar-refractivity contribution >= 4 is 56.6 Å². The molecule has 1 N–H and O–H groups in total. The van der Waals surface area contributed by atoms with Crippen LogP contribution in [0.15, 0.2) is 60.7 Å². The van der Waals surface area contributed by atoms with Gasteiger partial charge in [0.25, 0.3) is 0 Å². The fraction of sp³-hybridized carbons (Fsp3) is 0.208. The molecule has 0 bridgehead atoms. The maximum atomic E-state index is 12.8. The predicted molar refractivity (Wildman–Crippen MR) is 126 cm³/mol. The molecule has 0 spiro atoms. The Morgan fingerprint density at radius 2 is 1.83 bits per heavy atom. The van der Waals surface area contributed by atoms with Gasteiger partial charge in [-0.05, 0) is 52.4 Å². The van der Waals surface area contributed by atoms with E-state index in [9.17, 15) is 9.59 Å². The van der Waals surface area contributed by atoms with Gasteiger partial charge in [-0.2, -0.15) is 0 Å². The van der Waals surface area contributed by atoms with Crippen LogP contribution in [0.2, 0.25) is 0 Å². The number of nitrogens with one attached hydrogen (secondary N) is 1. The van der Waals surface area contributed by atoms with Crippen molar-refractivity contribution in [3.05, 3.63) is 77.4 Å². The number of carbonyl (C=O) groups excluding carboxylic acids is 2. The van der Waals surface area contributed by atoms with Crippen LogP contribution in [0.5, 0.6) is 0 Å². The molecule has 30 heavy (non-hydrogen) atoms. The van der Waals surface area contributed by atoms with E-state index in [1.165, 1.54) is 28.1 Å². The summed E-state index contributed by atoms with van der Waals surface area (Å²) >= 11 is 6.54. The predicted octanol–water partition coefficient (Wildman–Crippen LogP) is 4.38. The molecule has 2 heterocycles. The van der Waals surface area contributed by atoms with E-state index in [-0.39, 0.29) is 17.1 Å². The van der Waals surface area contributed by atoms with E-state index < -0.39 is 0 Å². The zero-order valence-corrected chi connectivity index (χ0v) is 17.9. The van der Waals surface area contributed by atoms with Gasteiger partial charge in [0.2, 0.25) is 11.8 Å². The van der Waals surface area contributed by atoms with Crippen LogP contribution in [0, 0.1) is 0 Å². The summed E-state index contributed by atoms with van der Waals surface area (Å²) in [5.41, 5.74) is 4.37. The van der Waals surface area contributed by atoms with Gasteiger partial charge in [0, 0.05) is 12.1 Å². The van der Waals surface area contributed by atoms with Crippen molar-refractivity contribution in [1.29, 1.82) is 0 Å². The van der Waals surface area contributed by atoms with Gasteiger partial charge >= 0.3 is 0 Å². The average Bonchev–Trinajstić information content (AvgIpc) is 3.07.